The number of ether oxygens (including phenoxy) is 1. The van der Waals surface area contributed by atoms with Crippen LogP contribution < -0.4 is 11.6 Å². The van der Waals surface area contributed by atoms with Crippen LogP contribution in [-0.4, -0.2) is 36.3 Å². The van der Waals surface area contributed by atoms with E-state index in [2.05, 4.69) is 34.3 Å². The van der Waals surface area contributed by atoms with Gasteiger partial charge in [0.05, 0.1) is 6.61 Å². The minimum absolute atomic E-state index is 0.0770. The maximum Gasteiger partial charge on any atom is 0.205 e. The van der Waals surface area contributed by atoms with E-state index in [1.165, 1.54) is 17.7 Å². The van der Waals surface area contributed by atoms with E-state index >= 15 is 0 Å². The van der Waals surface area contributed by atoms with Crippen molar-refractivity contribution in [1.82, 2.24) is 4.90 Å². The van der Waals surface area contributed by atoms with E-state index in [1.807, 2.05) is 6.07 Å². The van der Waals surface area contributed by atoms with Crippen molar-refractivity contribution >= 4 is 11.7 Å². The standard InChI is InChI=1S/C16H23N5O/c17-15(20-19)6-7-16(18)22-12-14-8-9-21(11-14)10-13-4-2-1-3-5-13/h1-7,14,18H,8-12,19H2,(H2,17,20)/b7-6-,18-16?. The molecule has 2 rings (SSSR count). The molecule has 1 saturated heterocycles. The van der Waals surface area contributed by atoms with Crippen molar-refractivity contribution < 1.29 is 4.74 Å². The summed E-state index contributed by atoms with van der Waals surface area (Å²) >= 11 is 0. The number of rotatable bonds is 6. The molecule has 6 nitrogen and oxygen atoms in total. The molecule has 6 heteroatoms. The van der Waals surface area contributed by atoms with Crippen molar-refractivity contribution in [3.05, 3.63) is 48.0 Å². The van der Waals surface area contributed by atoms with Crippen molar-refractivity contribution in [3.63, 3.8) is 0 Å². The molecule has 1 atom stereocenters. The van der Waals surface area contributed by atoms with Gasteiger partial charge in [0.1, 0.15) is 5.84 Å². The van der Waals surface area contributed by atoms with Gasteiger partial charge in [0.2, 0.25) is 5.90 Å². The summed E-state index contributed by atoms with van der Waals surface area (Å²) in [5, 5.41) is 11.0. The number of amidine groups is 1. The van der Waals surface area contributed by atoms with Gasteiger partial charge in [-0.05, 0) is 24.6 Å². The minimum atomic E-state index is 0.0770. The molecule has 0 spiro atoms. The SMILES string of the molecule is N=C(/C=C\C(N)=N\N)OCC1CCN(Cc2ccccc2)C1. The van der Waals surface area contributed by atoms with Gasteiger partial charge in [-0.15, -0.1) is 0 Å². The molecule has 0 aliphatic carbocycles. The second-order valence-electron chi connectivity index (χ2n) is 5.44. The molecule has 1 fully saturated rings. The number of benzene rings is 1. The summed E-state index contributed by atoms with van der Waals surface area (Å²) in [5.41, 5.74) is 6.74. The lowest BCUT2D eigenvalue weighted by Gasteiger charge is -2.16. The Labute approximate surface area is 130 Å². The van der Waals surface area contributed by atoms with Gasteiger partial charge in [0.15, 0.2) is 0 Å². The average Bonchev–Trinajstić information content (AvgIpc) is 2.99. The van der Waals surface area contributed by atoms with Gasteiger partial charge in [-0.2, -0.15) is 5.10 Å². The van der Waals surface area contributed by atoms with Crippen LogP contribution in [0.3, 0.4) is 0 Å². The molecule has 1 aliphatic heterocycles. The molecule has 1 aliphatic rings. The third-order valence-electron chi connectivity index (χ3n) is 3.65. The molecular formula is C16H23N5O. The van der Waals surface area contributed by atoms with Gasteiger partial charge in [-0.25, -0.2) is 0 Å². The number of nitrogens with two attached hydrogens (primary N) is 2. The molecule has 0 saturated carbocycles. The van der Waals surface area contributed by atoms with Gasteiger partial charge < -0.3 is 16.3 Å². The zero-order chi connectivity index (χ0) is 15.8. The fraction of sp³-hybridized carbons (Fsp3) is 0.375. The summed E-state index contributed by atoms with van der Waals surface area (Å²) < 4.78 is 5.44. The molecule has 1 heterocycles. The molecule has 0 amide bonds. The van der Waals surface area contributed by atoms with Crippen molar-refractivity contribution in [2.24, 2.45) is 22.6 Å². The molecule has 1 unspecified atom stereocenters. The summed E-state index contributed by atoms with van der Waals surface area (Å²) in [7, 11) is 0. The number of hydrogen-bond acceptors (Lipinski definition) is 5. The maximum atomic E-state index is 7.68. The van der Waals surface area contributed by atoms with E-state index in [0.717, 1.165) is 26.1 Å². The van der Waals surface area contributed by atoms with Crippen molar-refractivity contribution in [2.75, 3.05) is 19.7 Å². The van der Waals surface area contributed by atoms with Crippen molar-refractivity contribution in [2.45, 2.75) is 13.0 Å². The van der Waals surface area contributed by atoms with Crippen molar-refractivity contribution in [1.29, 1.82) is 5.41 Å². The van der Waals surface area contributed by atoms with Gasteiger partial charge in [-0.3, -0.25) is 10.3 Å². The Balaban J connectivity index is 1.70. The first-order chi connectivity index (χ1) is 10.7. The lowest BCUT2D eigenvalue weighted by atomic mass is 10.1. The van der Waals surface area contributed by atoms with Crippen LogP contribution in [0, 0.1) is 11.3 Å². The van der Waals surface area contributed by atoms with Crippen LogP contribution in [0.2, 0.25) is 0 Å². The number of likely N-dealkylation sites (tertiary alicyclic amines) is 1. The van der Waals surface area contributed by atoms with E-state index in [4.69, 9.17) is 21.7 Å². The fourth-order valence-corrected chi connectivity index (χ4v) is 2.49. The van der Waals surface area contributed by atoms with Gasteiger partial charge in [0.25, 0.3) is 0 Å². The van der Waals surface area contributed by atoms with Crippen LogP contribution in [0.25, 0.3) is 0 Å². The van der Waals surface area contributed by atoms with Crippen LogP contribution in [0.15, 0.2) is 47.6 Å². The lowest BCUT2D eigenvalue weighted by Crippen LogP contribution is -2.22. The summed E-state index contributed by atoms with van der Waals surface area (Å²) in [6.45, 7) is 3.59. The Morgan fingerprint density at radius 3 is 2.86 bits per heavy atom. The lowest BCUT2D eigenvalue weighted by molar-refractivity contribution is 0.229. The smallest absolute Gasteiger partial charge is 0.205 e. The predicted octanol–water partition coefficient (Wildman–Crippen LogP) is 1.29. The number of nitrogens with zero attached hydrogens (tertiary/aromatic N) is 2. The first-order valence-corrected chi connectivity index (χ1v) is 7.36. The third kappa shape index (κ3) is 5.21. The maximum absolute atomic E-state index is 7.68. The predicted molar refractivity (Wildman–Crippen MR) is 88.5 cm³/mol. The Morgan fingerprint density at radius 2 is 2.14 bits per heavy atom. The van der Waals surface area contributed by atoms with Crippen LogP contribution in [0.4, 0.5) is 0 Å². The quantitative estimate of drug-likeness (QED) is 0.319. The summed E-state index contributed by atoms with van der Waals surface area (Å²) in [6, 6.07) is 10.5. The Morgan fingerprint density at radius 1 is 1.36 bits per heavy atom. The van der Waals surface area contributed by atoms with E-state index in [0.29, 0.717) is 12.5 Å². The van der Waals surface area contributed by atoms with E-state index in [9.17, 15) is 0 Å². The molecule has 0 radical (unpaired) electrons. The Bertz CT molecular complexity index is 541. The molecule has 1 aromatic rings. The second-order valence-corrected chi connectivity index (χ2v) is 5.44. The van der Waals surface area contributed by atoms with Gasteiger partial charge >= 0.3 is 0 Å². The third-order valence-corrected chi connectivity index (χ3v) is 3.65. The highest BCUT2D eigenvalue weighted by molar-refractivity contribution is 5.97. The van der Waals surface area contributed by atoms with Crippen LogP contribution in [-0.2, 0) is 11.3 Å². The molecule has 5 N–H and O–H groups in total. The Hall–Kier alpha value is -2.34. The van der Waals surface area contributed by atoms with Crippen LogP contribution in [0.1, 0.15) is 12.0 Å². The van der Waals surface area contributed by atoms with Crippen LogP contribution in [0.5, 0.6) is 0 Å². The largest absolute Gasteiger partial charge is 0.478 e. The monoisotopic (exact) mass is 301 g/mol. The molecule has 118 valence electrons. The number of hydrazone groups is 1. The minimum Gasteiger partial charge on any atom is -0.478 e. The summed E-state index contributed by atoms with van der Waals surface area (Å²) in [6.07, 6.45) is 4.01. The fourth-order valence-electron chi connectivity index (χ4n) is 2.49. The zero-order valence-corrected chi connectivity index (χ0v) is 12.6. The summed E-state index contributed by atoms with van der Waals surface area (Å²) in [4.78, 5) is 2.42. The highest BCUT2D eigenvalue weighted by Crippen LogP contribution is 2.19. The molecular weight excluding hydrogens is 278 g/mol. The number of nitrogens with one attached hydrogen (secondary N) is 1. The van der Waals surface area contributed by atoms with Gasteiger partial charge in [-0.1, -0.05) is 30.3 Å². The molecule has 0 bridgehead atoms. The van der Waals surface area contributed by atoms with E-state index < -0.39 is 0 Å². The Kier molecular flexibility index (Phi) is 5.97. The molecule has 1 aromatic carbocycles. The van der Waals surface area contributed by atoms with Crippen molar-refractivity contribution in [3.8, 4) is 0 Å². The van der Waals surface area contributed by atoms with Gasteiger partial charge in [0, 0.05) is 25.1 Å². The van der Waals surface area contributed by atoms with E-state index in [-0.39, 0.29) is 11.7 Å². The molecule has 22 heavy (non-hydrogen) atoms. The second kappa shape index (κ2) is 8.19. The normalized spacial score (nSPS) is 19.6. The average molecular weight is 301 g/mol. The molecule has 0 aromatic heterocycles. The highest BCUT2D eigenvalue weighted by atomic mass is 16.5. The first kappa shape index (κ1) is 16.0. The zero-order valence-electron chi connectivity index (χ0n) is 12.6. The summed E-state index contributed by atoms with van der Waals surface area (Å²) in [5.74, 6) is 5.71. The van der Waals surface area contributed by atoms with Crippen LogP contribution >= 0.6 is 0 Å². The van der Waals surface area contributed by atoms with E-state index in [1.54, 1.807) is 0 Å². The highest BCUT2D eigenvalue weighted by Gasteiger charge is 2.23. The number of hydrogen-bond donors (Lipinski definition) is 3. The topological polar surface area (TPSA) is 101 Å². The first-order valence-electron chi connectivity index (χ1n) is 7.36.